The van der Waals surface area contributed by atoms with Crippen molar-refractivity contribution < 1.29 is 12.3 Å². The van der Waals surface area contributed by atoms with Crippen LogP contribution in [0, 0.1) is 0 Å². The van der Waals surface area contributed by atoms with E-state index in [1.54, 1.807) is 0 Å². The smallest absolute Gasteiger partial charge is 0.315 e. The lowest BCUT2D eigenvalue weighted by Gasteiger charge is -2.35. The highest BCUT2D eigenvalue weighted by atomic mass is 28.5. The predicted molar refractivity (Wildman–Crippen MR) is 82.8 cm³/mol. The lowest BCUT2D eigenvalue weighted by atomic mass is 10.9. The topological polar surface area (TPSA) is 27.7 Å². The van der Waals surface area contributed by atoms with Crippen LogP contribution in [-0.4, -0.2) is 33.8 Å². The predicted octanol–water partition coefficient (Wildman–Crippen LogP) is 3.86. The van der Waals surface area contributed by atoms with Crippen LogP contribution in [0.3, 0.4) is 0 Å². The van der Waals surface area contributed by atoms with Crippen molar-refractivity contribution in [2.24, 2.45) is 0 Å². The third kappa shape index (κ3) is 5.49. The first-order valence-electron chi connectivity index (χ1n) is 6.43. The van der Waals surface area contributed by atoms with Gasteiger partial charge in [-0.2, -0.15) is 0 Å². The Morgan fingerprint density at radius 3 is 1.29 bits per heavy atom. The Hall–Kier alpha value is 0.748. The molecule has 3 nitrogen and oxygen atoms in total. The van der Waals surface area contributed by atoms with Crippen LogP contribution >= 0.6 is 0 Å². The Kier molecular flexibility index (Phi) is 4.36. The summed E-state index contributed by atoms with van der Waals surface area (Å²) >= 11 is 0. The van der Waals surface area contributed by atoms with Gasteiger partial charge in [0.2, 0.25) is 0 Å². The van der Waals surface area contributed by atoms with E-state index in [4.69, 9.17) is 12.3 Å². The number of hydrogen-bond acceptors (Lipinski definition) is 3. The van der Waals surface area contributed by atoms with Crippen LogP contribution < -0.4 is 0 Å². The quantitative estimate of drug-likeness (QED) is 0.738. The molecule has 0 amide bonds. The van der Waals surface area contributed by atoms with E-state index in [0.29, 0.717) is 0 Å². The van der Waals surface area contributed by atoms with Crippen molar-refractivity contribution in [3.63, 3.8) is 0 Å². The Labute approximate surface area is 111 Å². The van der Waals surface area contributed by atoms with Gasteiger partial charge in [-0.05, 0) is 64.5 Å². The van der Waals surface area contributed by atoms with Gasteiger partial charge in [-0.3, -0.25) is 0 Å². The third-order valence-electron chi connectivity index (χ3n) is 2.51. The molecule has 2 atom stereocenters. The first kappa shape index (κ1) is 15.8. The van der Waals surface area contributed by atoms with Crippen LogP contribution in [0.2, 0.25) is 64.5 Å². The molecule has 0 bridgehead atoms. The van der Waals surface area contributed by atoms with Gasteiger partial charge in [0.05, 0.1) is 0 Å². The zero-order valence-electron chi connectivity index (χ0n) is 12.6. The fourth-order valence-electron chi connectivity index (χ4n) is 2.45. The fourth-order valence-corrected chi connectivity index (χ4v) is 22.8. The van der Waals surface area contributed by atoms with Gasteiger partial charge in [0.25, 0.3) is 0 Å². The molecule has 1 heterocycles. The SMILES string of the molecule is C[Si](C)(C)O[Si]1(C)CC[Si](C)(O[Si](C)(C)C)O1. The van der Waals surface area contributed by atoms with Crippen LogP contribution in [0.25, 0.3) is 0 Å². The summed E-state index contributed by atoms with van der Waals surface area (Å²) in [5.74, 6) is 0. The molecule has 1 saturated heterocycles. The highest BCUT2D eigenvalue weighted by molar-refractivity contribution is 6.93. The molecule has 1 rings (SSSR count). The minimum absolute atomic E-state index is 1.12. The summed E-state index contributed by atoms with van der Waals surface area (Å²) in [5.41, 5.74) is 0. The maximum Gasteiger partial charge on any atom is 0.315 e. The largest absolute Gasteiger partial charge is 0.437 e. The van der Waals surface area contributed by atoms with E-state index in [1.807, 2.05) is 0 Å². The van der Waals surface area contributed by atoms with Crippen LogP contribution in [0.5, 0.6) is 0 Å². The van der Waals surface area contributed by atoms with Crippen molar-refractivity contribution in [1.82, 2.24) is 0 Å². The Bertz CT molecular complexity index is 258. The average molecular weight is 309 g/mol. The van der Waals surface area contributed by atoms with E-state index in [9.17, 15) is 0 Å². The highest BCUT2D eigenvalue weighted by Crippen LogP contribution is 2.37. The van der Waals surface area contributed by atoms with Gasteiger partial charge in [0.1, 0.15) is 0 Å². The van der Waals surface area contributed by atoms with Gasteiger partial charge in [-0.25, -0.2) is 0 Å². The Balaban J connectivity index is 2.68. The lowest BCUT2D eigenvalue weighted by molar-refractivity contribution is 0.345. The van der Waals surface area contributed by atoms with E-state index >= 15 is 0 Å². The molecule has 0 spiro atoms. The molecule has 1 aliphatic rings. The molecule has 17 heavy (non-hydrogen) atoms. The molecule has 2 unspecified atom stereocenters. The van der Waals surface area contributed by atoms with Crippen molar-refractivity contribution in [3.8, 4) is 0 Å². The maximum absolute atomic E-state index is 6.39. The first-order chi connectivity index (χ1) is 7.33. The van der Waals surface area contributed by atoms with Crippen molar-refractivity contribution in [3.05, 3.63) is 0 Å². The molecular formula is C10H28O3Si4. The summed E-state index contributed by atoms with van der Waals surface area (Å²) < 4.78 is 19.0. The minimum atomic E-state index is -1.94. The number of hydrogen-bond donors (Lipinski definition) is 0. The summed E-state index contributed by atoms with van der Waals surface area (Å²) in [6.45, 7) is 17.9. The van der Waals surface area contributed by atoms with Gasteiger partial charge < -0.3 is 12.3 Å². The van der Waals surface area contributed by atoms with Crippen LogP contribution in [0.4, 0.5) is 0 Å². The summed E-state index contributed by atoms with van der Waals surface area (Å²) in [6.07, 6.45) is 0. The summed E-state index contributed by atoms with van der Waals surface area (Å²) in [7, 11) is -6.87. The second-order valence-electron chi connectivity index (χ2n) is 7.30. The van der Waals surface area contributed by atoms with Gasteiger partial charge >= 0.3 is 17.1 Å². The van der Waals surface area contributed by atoms with E-state index in [-0.39, 0.29) is 0 Å². The van der Waals surface area contributed by atoms with E-state index in [1.165, 1.54) is 0 Å². The zero-order valence-corrected chi connectivity index (χ0v) is 16.6. The number of rotatable bonds is 4. The maximum atomic E-state index is 6.39. The second kappa shape index (κ2) is 4.69. The molecule has 0 aromatic carbocycles. The summed E-state index contributed by atoms with van der Waals surface area (Å²) in [6, 6.07) is 2.23. The van der Waals surface area contributed by atoms with Gasteiger partial charge in [0, 0.05) is 0 Å². The average Bonchev–Trinajstić information content (AvgIpc) is 2.17. The lowest BCUT2D eigenvalue weighted by Crippen LogP contribution is -2.51. The molecule has 0 saturated carbocycles. The molecular weight excluding hydrogens is 280 g/mol. The van der Waals surface area contributed by atoms with Gasteiger partial charge in [-0.15, -0.1) is 0 Å². The van der Waals surface area contributed by atoms with Crippen molar-refractivity contribution in [1.29, 1.82) is 0 Å². The third-order valence-corrected chi connectivity index (χ3v) is 17.1. The highest BCUT2D eigenvalue weighted by Gasteiger charge is 2.53. The molecule has 0 aromatic heterocycles. The molecule has 1 fully saturated rings. The van der Waals surface area contributed by atoms with Crippen LogP contribution in [0.15, 0.2) is 0 Å². The van der Waals surface area contributed by atoms with Gasteiger partial charge in [-0.1, -0.05) is 0 Å². The molecule has 0 radical (unpaired) electrons. The fraction of sp³-hybridized carbons (Fsp3) is 1.00. The van der Waals surface area contributed by atoms with Crippen molar-refractivity contribution >= 4 is 33.8 Å². The van der Waals surface area contributed by atoms with Crippen LogP contribution in [0.1, 0.15) is 0 Å². The molecule has 0 aliphatic carbocycles. The normalized spacial score (nSPS) is 35.3. The monoisotopic (exact) mass is 308 g/mol. The molecule has 7 heteroatoms. The second-order valence-corrected chi connectivity index (χ2v) is 23.7. The van der Waals surface area contributed by atoms with Gasteiger partial charge in [0.15, 0.2) is 16.6 Å². The van der Waals surface area contributed by atoms with Crippen LogP contribution in [-0.2, 0) is 12.3 Å². The molecule has 0 N–H and O–H groups in total. The van der Waals surface area contributed by atoms with Crippen molar-refractivity contribution in [2.75, 3.05) is 0 Å². The summed E-state index contributed by atoms with van der Waals surface area (Å²) in [4.78, 5) is 0. The molecule has 1 aliphatic heterocycles. The first-order valence-corrected chi connectivity index (χ1v) is 18.3. The minimum Gasteiger partial charge on any atom is -0.437 e. The zero-order chi connectivity index (χ0) is 13.5. The van der Waals surface area contributed by atoms with E-state index < -0.39 is 33.8 Å². The standard InChI is InChI=1S/C10H28O3Si4/c1-14(2,3)11-16(7)9-10-17(8,13-16)12-15(4,5)6/h9-10H2,1-8H3. The Morgan fingerprint density at radius 1 is 0.765 bits per heavy atom. The summed E-state index contributed by atoms with van der Waals surface area (Å²) in [5, 5.41) is 0. The Morgan fingerprint density at radius 2 is 1.06 bits per heavy atom. The molecule has 102 valence electrons. The van der Waals surface area contributed by atoms with Crippen molar-refractivity contribution in [2.45, 2.75) is 64.5 Å². The molecule has 0 aromatic rings. The van der Waals surface area contributed by atoms with E-state index in [2.05, 4.69) is 52.4 Å². The van der Waals surface area contributed by atoms with E-state index in [0.717, 1.165) is 12.1 Å².